The van der Waals surface area contributed by atoms with Crippen molar-refractivity contribution in [2.75, 3.05) is 13.2 Å². The van der Waals surface area contributed by atoms with Crippen LogP contribution in [0, 0.1) is 29.1 Å². The lowest BCUT2D eigenvalue weighted by atomic mass is 9.53. The van der Waals surface area contributed by atoms with E-state index >= 15 is 0 Å². The highest BCUT2D eigenvalue weighted by Gasteiger charge is 2.65. The van der Waals surface area contributed by atoms with Gasteiger partial charge in [-0.3, -0.25) is 4.79 Å². The first kappa shape index (κ1) is 20.3. The topological polar surface area (TPSA) is 64.0 Å². The largest absolute Gasteiger partial charge is 0.469 e. The molecule has 3 aliphatic carbocycles. The van der Waals surface area contributed by atoms with Crippen molar-refractivity contribution in [2.24, 2.45) is 29.1 Å². The summed E-state index contributed by atoms with van der Waals surface area (Å²) in [4.78, 5) is 12.9. The summed E-state index contributed by atoms with van der Waals surface area (Å²) in [6, 6.07) is 4.53. The van der Waals surface area contributed by atoms with Gasteiger partial charge in [0.1, 0.15) is 11.9 Å². The molecule has 5 heteroatoms. The van der Waals surface area contributed by atoms with E-state index in [-0.39, 0.29) is 29.0 Å². The van der Waals surface area contributed by atoms with Gasteiger partial charge >= 0.3 is 5.97 Å². The van der Waals surface area contributed by atoms with Crippen LogP contribution in [0.25, 0.3) is 0 Å². The van der Waals surface area contributed by atoms with Crippen LogP contribution >= 0.6 is 0 Å². The van der Waals surface area contributed by atoms with E-state index in [0.717, 1.165) is 38.2 Å². The molecule has 5 aliphatic rings. The average molecular weight is 428 g/mol. The number of hydrogen-bond donors (Lipinski definition) is 1. The molecule has 3 heterocycles. The van der Waals surface area contributed by atoms with E-state index in [1.54, 1.807) is 6.26 Å². The van der Waals surface area contributed by atoms with Crippen LogP contribution in [0.2, 0.25) is 0 Å². The van der Waals surface area contributed by atoms with Crippen LogP contribution in [-0.2, 0) is 20.7 Å². The normalized spacial score (nSPS) is 46.4. The molecule has 170 valence electrons. The summed E-state index contributed by atoms with van der Waals surface area (Å²) in [5.74, 6) is 2.65. The summed E-state index contributed by atoms with van der Waals surface area (Å²) in [7, 11) is 0. The van der Waals surface area contributed by atoms with Crippen molar-refractivity contribution in [3.05, 3.63) is 24.2 Å². The lowest BCUT2D eigenvalue weighted by molar-refractivity contribution is -0.147. The van der Waals surface area contributed by atoms with E-state index in [1.807, 2.05) is 6.07 Å². The zero-order valence-corrected chi connectivity index (χ0v) is 18.8. The molecule has 1 N–H and O–H groups in total. The molecule has 1 aromatic rings. The van der Waals surface area contributed by atoms with E-state index in [0.29, 0.717) is 23.8 Å². The van der Waals surface area contributed by atoms with Gasteiger partial charge in [-0.1, -0.05) is 19.8 Å². The summed E-state index contributed by atoms with van der Waals surface area (Å²) in [6.45, 7) is 4.12. The fourth-order valence-electron chi connectivity index (χ4n) is 7.88. The second kappa shape index (κ2) is 7.62. The maximum Gasteiger partial charge on any atom is 0.310 e. The summed E-state index contributed by atoms with van der Waals surface area (Å²) in [5.41, 5.74) is 0.398. The standard InChI is InChI=1S/C26H37NO4/c1-25-9-5-10-26(16-30-26)23(25)13-19-20(24(28)31-22(19)14-25)15-27-21-8-3-2-6-17(21)12-18-7-4-11-29-18/h4,7,11,17,19-23,27H,2-3,5-6,8-10,12-16H2,1H3/t17-,19+,20+,21+,22-,23+,25-,26+/m1/s1. The van der Waals surface area contributed by atoms with E-state index in [4.69, 9.17) is 13.9 Å². The van der Waals surface area contributed by atoms with Gasteiger partial charge in [0.15, 0.2) is 0 Å². The number of rotatable bonds is 5. The monoisotopic (exact) mass is 427 g/mol. The number of hydrogen-bond acceptors (Lipinski definition) is 5. The smallest absolute Gasteiger partial charge is 0.310 e. The van der Waals surface area contributed by atoms with Crippen molar-refractivity contribution in [1.82, 2.24) is 5.32 Å². The number of furan rings is 1. The number of epoxide rings is 1. The van der Waals surface area contributed by atoms with Crippen LogP contribution in [0.3, 0.4) is 0 Å². The van der Waals surface area contributed by atoms with Crippen LogP contribution in [0.15, 0.2) is 22.8 Å². The fourth-order valence-corrected chi connectivity index (χ4v) is 7.88. The SMILES string of the molecule is C[C@]12CCC[C@]3(CO3)[C@H]1C[C@H]1[C@H](CN[C@H]3CCCC[C@@H]3Cc3ccco3)C(=O)O[C@@H]1C2. The predicted octanol–water partition coefficient (Wildman–Crippen LogP) is 4.50. The summed E-state index contributed by atoms with van der Waals surface area (Å²) < 4.78 is 17.7. The minimum absolute atomic E-state index is 0.00142. The maximum absolute atomic E-state index is 12.9. The molecule has 1 aromatic heterocycles. The Hall–Kier alpha value is -1.33. The first-order valence-corrected chi connectivity index (χ1v) is 12.7. The second-order valence-electron chi connectivity index (χ2n) is 11.4. The summed E-state index contributed by atoms with van der Waals surface area (Å²) >= 11 is 0. The average Bonchev–Trinajstić information content (AvgIpc) is 3.19. The van der Waals surface area contributed by atoms with Gasteiger partial charge in [0, 0.05) is 24.9 Å². The van der Waals surface area contributed by atoms with Crippen molar-refractivity contribution in [3.63, 3.8) is 0 Å². The molecular formula is C26H37NO4. The van der Waals surface area contributed by atoms with Crippen LogP contribution in [0.1, 0.15) is 70.5 Å². The Balaban J connectivity index is 1.13. The Labute approximate surface area is 185 Å². The molecule has 8 atom stereocenters. The van der Waals surface area contributed by atoms with Gasteiger partial charge in [-0.2, -0.15) is 0 Å². The van der Waals surface area contributed by atoms with Crippen molar-refractivity contribution in [1.29, 1.82) is 0 Å². The maximum atomic E-state index is 12.9. The zero-order valence-electron chi connectivity index (χ0n) is 18.8. The van der Waals surface area contributed by atoms with Crippen molar-refractivity contribution >= 4 is 5.97 Å². The fraction of sp³-hybridized carbons (Fsp3) is 0.808. The van der Waals surface area contributed by atoms with E-state index in [9.17, 15) is 4.79 Å². The van der Waals surface area contributed by atoms with Crippen molar-refractivity contribution in [3.8, 4) is 0 Å². The van der Waals surface area contributed by atoms with Crippen LogP contribution < -0.4 is 5.32 Å². The lowest BCUT2D eigenvalue weighted by Crippen LogP contribution is -2.51. The molecule has 6 rings (SSSR count). The highest BCUT2D eigenvalue weighted by Crippen LogP contribution is 2.62. The van der Waals surface area contributed by atoms with E-state index < -0.39 is 0 Å². The number of carbonyl (C=O) groups is 1. The molecule has 5 nitrogen and oxygen atoms in total. The second-order valence-corrected chi connectivity index (χ2v) is 11.4. The molecular weight excluding hydrogens is 390 g/mol. The number of ether oxygens (including phenoxy) is 2. The van der Waals surface area contributed by atoms with Gasteiger partial charge in [0.05, 0.1) is 24.4 Å². The van der Waals surface area contributed by atoms with Gasteiger partial charge in [-0.25, -0.2) is 0 Å². The minimum Gasteiger partial charge on any atom is -0.469 e. The quantitative estimate of drug-likeness (QED) is 0.554. The van der Waals surface area contributed by atoms with Crippen molar-refractivity contribution in [2.45, 2.75) is 88.9 Å². The minimum atomic E-state index is -0.00142. The molecule has 31 heavy (non-hydrogen) atoms. The molecule has 1 spiro atoms. The van der Waals surface area contributed by atoms with Gasteiger partial charge in [0.25, 0.3) is 0 Å². The molecule has 0 radical (unpaired) electrons. The third kappa shape index (κ3) is 3.56. The highest BCUT2D eigenvalue weighted by atomic mass is 16.6. The van der Waals surface area contributed by atoms with Crippen molar-refractivity contribution < 1.29 is 18.7 Å². The third-order valence-corrected chi connectivity index (χ3v) is 9.63. The Kier molecular flexibility index (Phi) is 4.99. The predicted molar refractivity (Wildman–Crippen MR) is 116 cm³/mol. The Morgan fingerprint density at radius 3 is 2.87 bits per heavy atom. The molecule has 5 fully saturated rings. The molecule has 0 bridgehead atoms. The zero-order chi connectivity index (χ0) is 21.1. The van der Waals surface area contributed by atoms with Gasteiger partial charge < -0.3 is 19.2 Å². The number of nitrogens with one attached hydrogen (secondary N) is 1. The van der Waals surface area contributed by atoms with Crippen LogP contribution in [0.5, 0.6) is 0 Å². The molecule has 0 amide bonds. The van der Waals surface area contributed by atoms with E-state index in [1.165, 1.54) is 44.9 Å². The Morgan fingerprint density at radius 2 is 2.06 bits per heavy atom. The first-order valence-electron chi connectivity index (χ1n) is 12.7. The first-order chi connectivity index (χ1) is 15.1. The molecule has 2 aliphatic heterocycles. The van der Waals surface area contributed by atoms with Crippen LogP contribution in [-0.4, -0.2) is 36.9 Å². The lowest BCUT2D eigenvalue weighted by Gasteiger charge is -2.51. The Morgan fingerprint density at radius 1 is 1.19 bits per heavy atom. The Bertz CT molecular complexity index is 802. The van der Waals surface area contributed by atoms with E-state index in [2.05, 4.69) is 18.3 Å². The molecule has 0 unspecified atom stereocenters. The molecule has 3 saturated carbocycles. The van der Waals surface area contributed by atoms with Gasteiger partial charge in [0.2, 0.25) is 0 Å². The molecule has 2 saturated heterocycles. The number of carbonyl (C=O) groups excluding carboxylic acids is 1. The van der Waals surface area contributed by atoms with Gasteiger partial charge in [-0.15, -0.1) is 0 Å². The molecule has 0 aromatic carbocycles. The number of fused-ring (bicyclic) bond motifs is 3. The number of esters is 1. The summed E-state index contributed by atoms with van der Waals surface area (Å²) in [6.07, 6.45) is 13.7. The highest BCUT2D eigenvalue weighted by molar-refractivity contribution is 5.75. The van der Waals surface area contributed by atoms with Gasteiger partial charge in [-0.05, 0) is 74.3 Å². The van der Waals surface area contributed by atoms with Crippen LogP contribution in [0.4, 0.5) is 0 Å². The third-order valence-electron chi connectivity index (χ3n) is 9.63. The summed E-state index contributed by atoms with van der Waals surface area (Å²) in [5, 5.41) is 3.83.